The first kappa shape index (κ1) is 19.4. The fraction of sp³-hybridized carbons (Fsp3) is 0.444. The number of nitrogens with zero attached hydrogens (tertiary/aromatic N) is 3. The van der Waals surface area contributed by atoms with Crippen LogP contribution in [-0.2, 0) is 0 Å². The molecule has 136 valence electrons. The number of amides is 1. The zero-order valence-electron chi connectivity index (χ0n) is 14.5. The maximum absolute atomic E-state index is 14.0. The molecular formula is C18H24ClFN4O. The second-order valence-corrected chi connectivity index (χ2v) is 6.15. The Kier molecular flexibility index (Phi) is 6.56. The fourth-order valence-corrected chi connectivity index (χ4v) is 3.24. The van der Waals surface area contributed by atoms with Crippen molar-refractivity contribution >= 4 is 18.3 Å². The predicted molar refractivity (Wildman–Crippen MR) is 98.1 cm³/mol. The lowest BCUT2D eigenvalue weighted by molar-refractivity contribution is 0.0691. The van der Waals surface area contributed by atoms with E-state index in [0.717, 1.165) is 32.5 Å². The first-order chi connectivity index (χ1) is 11.6. The van der Waals surface area contributed by atoms with Gasteiger partial charge in [-0.1, -0.05) is 19.1 Å². The number of aromatic nitrogens is 2. The van der Waals surface area contributed by atoms with Gasteiger partial charge in [-0.2, -0.15) is 5.10 Å². The topological polar surface area (TPSA) is 50.2 Å². The minimum Gasteiger partial charge on any atom is -0.334 e. The molecule has 1 N–H and O–H groups in total. The summed E-state index contributed by atoms with van der Waals surface area (Å²) in [7, 11) is 0. The molecule has 25 heavy (non-hydrogen) atoms. The molecule has 5 nitrogen and oxygen atoms in total. The average Bonchev–Trinajstić information content (AvgIpc) is 3.22. The number of carbonyl (C=O) groups is 1. The normalized spacial score (nSPS) is 16.5. The highest BCUT2D eigenvalue weighted by molar-refractivity contribution is 5.95. The van der Waals surface area contributed by atoms with Crippen LogP contribution in [0.2, 0.25) is 0 Å². The van der Waals surface area contributed by atoms with E-state index in [-0.39, 0.29) is 30.2 Å². The molecule has 1 amide bonds. The van der Waals surface area contributed by atoms with Crippen molar-refractivity contribution in [3.8, 4) is 5.69 Å². The summed E-state index contributed by atoms with van der Waals surface area (Å²) in [6.07, 6.45) is 3.42. The SMILES string of the molecule is CCCN(C(=O)c1cnn(-c2ccccc2F)c1C)C1CCNC1.Cl. The Morgan fingerprint density at radius 2 is 2.20 bits per heavy atom. The van der Waals surface area contributed by atoms with Crippen molar-refractivity contribution in [2.24, 2.45) is 0 Å². The maximum atomic E-state index is 14.0. The summed E-state index contributed by atoms with van der Waals surface area (Å²) in [6.45, 7) is 6.36. The summed E-state index contributed by atoms with van der Waals surface area (Å²) in [5.74, 6) is -0.376. The number of nitrogens with one attached hydrogen (secondary N) is 1. The van der Waals surface area contributed by atoms with Crippen molar-refractivity contribution in [3.05, 3.63) is 47.5 Å². The number of halogens is 2. The molecule has 1 aromatic heterocycles. The van der Waals surface area contributed by atoms with Crippen LogP contribution in [0.5, 0.6) is 0 Å². The summed E-state index contributed by atoms with van der Waals surface area (Å²) in [6, 6.07) is 6.67. The van der Waals surface area contributed by atoms with E-state index in [4.69, 9.17) is 0 Å². The van der Waals surface area contributed by atoms with Crippen LogP contribution in [-0.4, -0.2) is 46.3 Å². The number of para-hydroxylation sites is 1. The Labute approximate surface area is 153 Å². The van der Waals surface area contributed by atoms with E-state index in [9.17, 15) is 9.18 Å². The fourth-order valence-electron chi connectivity index (χ4n) is 3.24. The van der Waals surface area contributed by atoms with Crippen molar-refractivity contribution in [2.45, 2.75) is 32.7 Å². The molecule has 0 aliphatic carbocycles. The standard InChI is InChI=1S/C18H23FN4O.ClH/c1-3-10-22(14-8-9-20-11-14)18(24)15-12-21-23(13(15)2)17-7-5-4-6-16(17)19;/h4-7,12,14,20H,3,8-11H2,1-2H3;1H. The monoisotopic (exact) mass is 366 g/mol. The highest BCUT2D eigenvalue weighted by Gasteiger charge is 2.29. The third-order valence-corrected chi connectivity index (χ3v) is 4.52. The summed E-state index contributed by atoms with van der Waals surface area (Å²) < 4.78 is 15.5. The van der Waals surface area contributed by atoms with E-state index in [1.807, 2.05) is 11.8 Å². The van der Waals surface area contributed by atoms with Gasteiger partial charge in [0.15, 0.2) is 0 Å². The van der Waals surface area contributed by atoms with E-state index >= 15 is 0 Å². The second-order valence-electron chi connectivity index (χ2n) is 6.15. The number of carbonyl (C=O) groups excluding carboxylic acids is 1. The van der Waals surface area contributed by atoms with Gasteiger partial charge in [-0.05, 0) is 38.4 Å². The van der Waals surface area contributed by atoms with Crippen LogP contribution in [0, 0.1) is 12.7 Å². The molecule has 2 aromatic rings. The van der Waals surface area contributed by atoms with Crippen molar-refractivity contribution in [3.63, 3.8) is 0 Å². The van der Waals surface area contributed by atoms with Gasteiger partial charge in [0.25, 0.3) is 5.91 Å². The van der Waals surface area contributed by atoms with Gasteiger partial charge in [-0.25, -0.2) is 9.07 Å². The molecule has 3 rings (SSSR count). The number of hydrogen-bond acceptors (Lipinski definition) is 3. The van der Waals surface area contributed by atoms with E-state index in [2.05, 4.69) is 17.3 Å². The molecule has 0 spiro atoms. The van der Waals surface area contributed by atoms with E-state index in [1.54, 1.807) is 24.4 Å². The molecule has 0 bridgehead atoms. The second kappa shape index (κ2) is 8.45. The van der Waals surface area contributed by atoms with Crippen molar-refractivity contribution in [2.75, 3.05) is 19.6 Å². The van der Waals surface area contributed by atoms with Crippen LogP contribution >= 0.6 is 12.4 Å². The van der Waals surface area contributed by atoms with Crippen molar-refractivity contribution in [1.29, 1.82) is 0 Å². The molecule has 1 unspecified atom stereocenters. The molecule has 0 saturated carbocycles. The van der Waals surface area contributed by atoms with Crippen LogP contribution in [0.1, 0.15) is 35.8 Å². The molecule has 1 aliphatic rings. The smallest absolute Gasteiger partial charge is 0.257 e. The minimum absolute atomic E-state index is 0. The molecule has 2 heterocycles. The maximum Gasteiger partial charge on any atom is 0.257 e. The third kappa shape index (κ3) is 3.85. The molecule has 1 aromatic carbocycles. The van der Waals surface area contributed by atoms with Gasteiger partial charge in [-0.3, -0.25) is 4.79 Å². The van der Waals surface area contributed by atoms with Crippen LogP contribution in [0.4, 0.5) is 4.39 Å². The third-order valence-electron chi connectivity index (χ3n) is 4.52. The van der Waals surface area contributed by atoms with Crippen LogP contribution in [0.25, 0.3) is 5.69 Å². The minimum atomic E-state index is -0.354. The number of benzene rings is 1. The van der Waals surface area contributed by atoms with Gasteiger partial charge in [0.05, 0.1) is 17.5 Å². The van der Waals surface area contributed by atoms with E-state index in [1.165, 1.54) is 10.7 Å². The summed E-state index contributed by atoms with van der Waals surface area (Å²) in [4.78, 5) is 14.9. The van der Waals surface area contributed by atoms with Crippen LogP contribution in [0.15, 0.2) is 30.5 Å². The molecule has 1 aliphatic heterocycles. The van der Waals surface area contributed by atoms with Gasteiger partial charge in [0, 0.05) is 19.1 Å². The van der Waals surface area contributed by atoms with Gasteiger partial charge in [-0.15, -0.1) is 12.4 Å². The van der Waals surface area contributed by atoms with Gasteiger partial charge >= 0.3 is 0 Å². The van der Waals surface area contributed by atoms with Crippen molar-refractivity contribution < 1.29 is 9.18 Å². The molecular weight excluding hydrogens is 343 g/mol. The van der Waals surface area contributed by atoms with E-state index < -0.39 is 0 Å². The molecule has 7 heteroatoms. The first-order valence-electron chi connectivity index (χ1n) is 8.44. The zero-order chi connectivity index (χ0) is 17.1. The highest BCUT2D eigenvalue weighted by Crippen LogP contribution is 2.20. The van der Waals surface area contributed by atoms with Gasteiger partial charge < -0.3 is 10.2 Å². The summed E-state index contributed by atoms with van der Waals surface area (Å²) in [5.41, 5.74) is 1.56. The van der Waals surface area contributed by atoms with Gasteiger partial charge in [0.2, 0.25) is 0 Å². The lowest BCUT2D eigenvalue weighted by Gasteiger charge is -2.28. The first-order valence-corrected chi connectivity index (χ1v) is 8.44. The van der Waals surface area contributed by atoms with Crippen molar-refractivity contribution in [1.82, 2.24) is 20.0 Å². The molecule has 0 radical (unpaired) electrons. The zero-order valence-corrected chi connectivity index (χ0v) is 15.4. The Morgan fingerprint density at radius 1 is 1.44 bits per heavy atom. The van der Waals surface area contributed by atoms with Crippen LogP contribution in [0.3, 0.4) is 0 Å². The number of hydrogen-bond donors (Lipinski definition) is 1. The molecule has 1 saturated heterocycles. The lowest BCUT2D eigenvalue weighted by Crippen LogP contribution is -2.42. The Bertz CT molecular complexity index is 728. The Morgan fingerprint density at radius 3 is 2.84 bits per heavy atom. The largest absolute Gasteiger partial charge is 0.334 e. The van der Waals surface area contributed by atoms with Gasteiger partial charge in [0.1, 0.15) is 11.5 Å². The lowest BCUT2D eigenvalue weighted by atomic mass is 10.1. The quantitative estimate of drug-likeness (QED) is 0.885. The average molecular weight is 367 g/mol. The van der Waals surface area contributed by atoms with E-state index in [0.29, 0.717) is 16.9 Å². The Balaban J connectivity index is 0.00000225. The summed E-state index contributed by atoms with van der Waals surface area (Å²) >= 11 is 0. The summed E-state index contributed by atoms with van der Waals surface area (Å²) in [5, 5.41) is 7.56. The number of rotatable bonds is 5. The highest BCUT2D eigenvalue weighted by atomic mass is 35.5. The van der Waals surface area contributed by atoms with Crippen LogP contribution < -0.4 is 5.32 Å². The Hall–Kier alpha value is -1.92. The molecule has 1 fully saturated rings. The molecule has 1 atom stereocenters. The predicted octanol–water partition coefficient (Wildman–Crippen LogP) is 2.96.